The molecule has 8 nitrogen and oxygen atoms in total. The zero-order chi connectivity index (χ0) is 18.0. The van der Waals surface area contributed by atoms with Gasteiger partial charge in [-0.1, -0.05) is 17.2 Å². The predicted octanol–water partition coefficient (Wildman–Crippen LogP) is 2.22. The maximum Gasteiger partial charge on any atom is 0.324 e. The van der Waals surface area contributed by atoms with Crippen molar-refractivity contribution in [2.75, 3.05) is 36.4 Å². The minimum absolute atomic E-state index is 0.110. The number of aryl methyl sites for hydroxylation is 1. The summed E-state index contributed by atoms with van der Waals surface area (Å²) in [5.74, 6) is 0.246. The molecule has 8 heteroatoms. The summed E-state index contributed by atoms with van der Waals surface area (Å²) in [6.45, 7) is 11.1. The van der Waals surface area contributed by atoms with Crippen molar-refractivity contribution in [1.29, 1.82) is 0 Å². The van der Waals surface area contributed by atoms with Gasteiger partial charge < -0.3 is 9.80 Å². The monoisotopic (exact) mass is 343 g/mol. The van der Waals surface area contributed by atoms with Crippen LogP contribution in [-0.4, -0.2) is 57.3 Å². The van der Waals surface area contributed by atoms with Crippen LogP contribution in [0.5, 0.6) is 0 Å². The molecule has 2 amide bonds. The lowest BCUT2D eigenvalue weighted by Gasteiger charge is -2.36. The third kappa shape index (κ3) is 3.72. The lowest BCUT2D eigenvalue weighted by atomic mass is 10.1. The number of benzene rings is 1. The molecule has 0 saturated carbocycles. The fraction of sp³-hybridized carbons (Fsp3) is 0.529. The Hall–Kier alpha value is -2.64. The minimum Gasteiger partial charge on any atom is -0.368 e. The zero-order valence-electron chi connectivity index (χ0n) is 15.2. The van der Waals surface area contributed by atoms with Crippen LogP contribution in [0.2, 0.25) is 0 Å². The Balaban J connectivity index is 1.58. The lowest BCUT2D eigenvalue weighted by molar-refractivity contribution is 0.208. The average Bonchev–Trinajstić information content (AvgIpc) is 3.06. The first-order valence-corrected chi connectivity index (χ1v) is 8.62. The number of piperazine rings is 1. The third-order valence-corrected chi connectivity index (χ3v) is 4.59. The molecule has 2 heterocycles. The van der Waals surface area contributed by atoms with E-state index in [4.69, 9.17) is 0 Å². The number of nitrogens with zero attached hydrogens (tertiary/aromatic N) is 6. The molecule has 0 spiro atoms. The normalized spacial score (nSPS) is 14.9. The highest BCUT2D eigenvalue weighted by Crippen LogP contribution is 2.23. The standard InChI is InChI=1S/C17H25N7O/c1-12(2)24-20-16(19-21-24)18-17(25)23-10-8-22(9-11-23)15-7-5-6-13(3)14(15)4/h5-7,12H,8-11H2,1-4H3,(H,18,20,25). The van der Waals surface area contributed by atoms with Gasteiger partial charge in [-0.15, -0.1) is 5.10 Å². The van der Waals surface area contributed by atoms with Crippen molar-refractivity contribution in [1.82, 2.24) is 25.1 Å². The molecule has 0 atom stereocenters. The Morgan fingerprint density at radius 3 is 2.52 bits per heavy atom. The van der Waals surface area contributed by atoms with Crippen molar-refractivity contribution in [2.45, 2.75) is 33.7 Å². The quantitative estimate of drug-likeness (QED) is 0.924. The summed E-state index contributed by atoms with van der Waals surface area (Å²) < 4.78 is 0. The molecule has 1 fully saturated rings. The number of tetrazole rings is 1. The highest BCUT2D eigenvalue weighted by molar-refractivity contribution is 5.87. The molecule has 0 aliphatic carbocycles. The molecule has 0 radical (unpaired) electrons. The van der Waals surface area contributed by atoms with E-state index in [2.05, 4.69) is 57.7 Å². The smallest absolute Gasteiger partial charge is 0.324 e. The van der Waals surface area contributed by atoms with E-state index in [1.54, 1.807) is 4.90 Å². The van der Waals surface area contributed by atoms with Crippen molar-refractivity contribution < 1.29 is 4.79 Å². The maximum absolute atomic E-state index is 12.4. The molecule has 2 aromatic rings. The highest BCUT2D eigenvalue weighted by atomic mass is 16.2. The first kappa shape index (κ1) is 17.2. The van der Waals surface area contributed by atoms with Gasteiger partial charge in [0.1, 0.15) is 0 Å². The number of hydrogen-bond acceptors (Lipinski definition) is 5. The first-order chi connectivity index (χ1) is 12.0. The van der Waals surface area contributed by atoms with Gasteiger partial charge >= 0.3 is 6.03 Å². The van der Waals surface area contributed by atoms with Crippen LogP contribution in [-0.2, 0) is 0 Å². The number of aromatic nitrogens is 4. The summed E-state index contributed by atoms with van der Waals surface area (Å²) in [6, 6.07) is 6.29. The highest BCUT2D eigenvalue weighted by Gasteiger charge is 2.23. The number of rotatable bonds is 3. The largest absolute Gasteiger partial charge is 0.368 e. The summed E-state index contributed by atoms with van der Waals surface area (Å²) in [5.41, 5.74) is 3.84. The van der Waals surface area contributed by atoms with Crippen molar-refractivity contribution in [3.05, 3.63) is 29.3 Å². The Kier molecular flexibility index (Phi) is 4.87. The van der Waals surface area contributed by atoms with Gasteiger partial charge in [0.25, 0.3) is 5.95 Å². The molecule has 25 heavy (non-hydrogen) atoms. The first-order valence-electron chi connectivity index (χ1n) is 8.62. The van der Waals surface area contributed by atoms with Gasteiger partial charge in [-0.05, 0) is 50.1 Å². The topological polar surface area (TPSA) is 79.2 Å². The number of urea groups is 1. The Morgan fingerprint density at radius 2 is 1.88 bits per heavy atom. The Labute approximate surface area is 147 Å². The minimum atomic E-state index is -0.177. The molecule has 3 rings (SSSR count). The second-order valence-electron chi connectivity index (χ2n) is 6.65. The van der Waals surface area contributed by atoms with E-state index in [0.29, 0.717) is 13.1 Å². The van der Waals surface area contributed by atoms with Crippen LogP contribution in [0.4, 0.5) is 16.4 Å². The summed E-state index contributed by atoms with van der Waals surface area (Å²) in [7, 11) is 0. The maximum atomic E-state index is 12.4. The summed E-state index contributed by atoms with van der Waals surface area (Å²) >= 11 is 0. The fourth-order valence-electron chi connectivity index (χ4n) is 2.90. The molecule has 1 N–H and O–H groups in total. The van der Waals surface area contributed by atoms with Crippen molar-refractivity contribution >= 4 is 17.7 Å². The van der Waals surface area contributed by atoms with E-state index >= 15 is 0 Å². The van der Waals surface area contributed by atoms with Crippen LogP contribution in [0.15, 0.2) is 18.2 Å². The molecule has 1 aromatic carbocycles. The Morgan fingerprint density at radius 1 is 1.16 bits per heavy atom. The summed E-state index contributed by atoms with van der Waals surface area (Å²) in [5, 5.41) is 14.7. The van der Waals surface area contributed by atoms with Crippen LogP contribution in [0.3, 0.4) is 0 Å². The average molecular weight is 343 g/mol. The van der Waals surface area contributed by atoms with Gasteiger partial charge in [-0.2, -0.15) is 4.80 Å². The third-order valence-electron chi connectivity index (χ3n) is 4.59. The number of anilines is 2. The van der Waals surface area contributed by atoms with E-state index in [1.807, 2.05) is 13.8 Å². The molecule has 1 aliphatic heterocycles. The molecule has 1 aromatic heterocycles. The molecule has 134 valence electrons. The van der Waals surface area contributed by atoms with Crippen LogP contribution in [0, 0.1) is 13.8 Å². The second-order valence-corrected chi connectivity index (χ2v) is 6.65. The number of amides is 2. The molecule has 0 unspecified atom stereocenters. The van der Waals surface area contributed by atoms with Crippen LogP contribution in [0.1, 0.15) is 31.0 Å². The lowest BCUT2D eigenvalue weighted by Crippen LogP contribution is -2.50. The molecular weight excluding hydrogens is 318 g/mol. The summed E-state index contributed by atoms with van der Waals surface area (Å²) in [6.07, 6.45) is 0. The number of carbonyl (C=O) groups is 1. The van der Waals surface area contributed by atoms with Gasteiger partial charge in [-0.3, -0.25) is 5.32 Å². The number of carbonyl (C=O) groups excluding carboxylic acids is 1. The van der Waals surface area contributed by atoms with E-state index in [9.17, 15) is 4.79 Å². The molecule has 0 bridgehead atoms. The number of nitrogens with one attached hydrogen (secondary N) is 1. The van der Waals surface area contributed by atoms with Gasteiger partial charge in [0, 0.05) is 31.9 Å². The van der Waals surface area contributed by atoms with E-state index < -0.39 is 0 Å². The van der Waals surface area contributed by atoms with Crippen LogP contribution in [0.25, 0.3) is 0 Å². The fourth-order valence-corrected chi connectivity index (χ4v) is 2.90. The van der Waals surface area contributed by atoms with Crippen molar-refractivity contribution in [3.63, 3.8) is 0 Å². The van der Waals surface area contributed by atoms with Crippen molar-refractivity contribution in [3.8, 4) is 0 Å². The molecule has 1 saturated heterocycles. The van der Waals surface area contributed by atoms with Gasteiger partial charge in [0.15, 0.2) is 0 Å². The predicted molar refractivity (Wildman–Crippen MR) is 96.9 cm³/mol. The SMILES string of the molecule is Cc1cccc(N2CCN(C(=O)Nc3nnn(C(C)C)n3)CC2)c1C. The zero-order valence-corrected chi connectivity index (χ0v) is 15.2. The van der Waals surface area contributed by atoms with Gasteiger partial charge in [-0.25, -0.2) is 4.79 Å². The second kappa shape index (κ2) is 7.08. The van der Waals surface area contributed by atoms with Crippen LogP contribution < -0.4 is 10.2 Å². The van der Waals surface area contributed by atoms with Gasteiger partial charge in [0.2, 0.25) is 0 Å². The summed E-state index contributed by atoms with van der Waals surface area (Å²) in [4.78, 5) is 18.0. The Bertz CT molecular complexity index is 747. The van der Waals surface area contributed by atoms with Crippen molar-refractivity contribution in [2.24, 2.45) is 0 Å². The molecule has 1 aliphatic rings. The van der Waals surface area contributed by atoms with E-state index in [1.165, 1.54) is 21.6 Å². The number of hydrogen-bond donors (Lipinski definition) is 1. The van der Waals surface area contributed by atoms with E-state index in [0.717, 1.165) is 13.1 Å². The van der Waals surface area contributed by atoms with E-state index in [-0.39, 0.29) is 18.0 Å². The van der Waals surface area contributed by atoms with Gasteiger partial charge in [0.05, 0.1) is 6.04 Å². The van der Waals surface area contributed by atoms with Crippen LogP contribution >= 0.6 is 0 Å². The molecular formula is C17H25N7O.